The maximum absolute atomic E-state index is 13.2. The molecule has 0 atom stereocenters. The fourth-order valence-corrected chi connectivity index (χ4v) is 5.05. The number of para-hydroxylation sites is 1. The zero-order chi connectivity index (χ0) is 19.6. The molecule has 1 aliphatic rings. The lowest BCUT2D eigenvalue weighted by Gasteiger charge is -2.20. The molecule has 8 heteroatoms. The number of rotatable bonds is 6. The molecule has 1 heterocycles. The maximum Gasteiger partial charge on any atom is 0.265 e. The molecule has 1 aliphatic heterocycles. The van der Waals surface area contributed by atoms with E-state index in [1.807, 2.05) is 32.3 Å². The van der Waals surface area contributed by atoms with E-state index >= 15 is 0 Å². The predicted octanol–water partition coefficient (Wildman–Crippen LogP) is 0.966. The molecule has 0 saturated carbocycles. The van der Waals surface area contributed by atoms with Gasteiger partial charge in [-0.3, -0.25) is 9.10 Å². The Morgan fingerprint density at radius 1 is 1.22 bits per heavy atom. The molecular weight excluding hydrogens is 386 g/mol. The lowest BCUT2D eigenvalue weighted by atomic mass is 10.2. The fraction of sp³-hybridized carbons (Fsp3) is 0.316. The Morgan fingerprint density at radius 2 is 1.96 bits per heavy atom. The average molecular weight is 409 g/mol. The monoisotopic (exact) mass is 408 g/mol. The second-order valence-corrected chi connectivity index (χ2v) is 9.05. The van der Waals surface area contributed by atoms with Gasteiger partial charge in [-0.15, -0.1) is 0 Å². The molecule has 144 valence electrons. The summed E-state index contributed by atoms with van der Waals surface area (Å²) in [4.78, 5) is 13.5. The van der Waals surface area contributed by atoms with Gasteiger partial charge in [-0.2, -0.15) is 0 Å². The number of halogens is 1. The molecule has 27 heavy (non-hydrogen) atoms. The lowest BCUT2D eigenvalue weighted by molar-refractivity contribution is -0.856. The van der Waals surface area contributed by atoms with Crippen molar-refractivity contribution < 1.29 is 18.1 Å². The lowest BCUT2D eigenvalue weighted by Crippen LogP contribution is -3.06. The molecule has 0 radical (unpaired) electrons. The highest BCUT2D eigenvalue weighted by Gasteiger charge is 2.32. The number of anilines is 1. The minimum absolute atomic E-state index is 0.0493. The molecule has 2 N–H and O–H groups in total. The summed E-state index contributed by atoms with van der Waals surface area (Å²) in [6.07, 6.45) is 0.653. The Balaban J connectivity index is 1.89. The molecule has 6 nitrogen and oxygen atoms in total. The number of fused-ring (bicyclic) bond motifs is 1. The number of hydrogen-bond donors (Lipinski definition) is 2. The molecule has 1 amide bonds. The second kappa shape index (κ2) is 7.88. The number of carbonyl (C=O) groups excluding carboxylic acids is 1. The van der Waals surface area contributed by atoms with Crippen molar-refractivity contribution in [2.24, 2.45) is 0 Å². The normalized spacial score (nSPS) is 13.7. The van der Waals surface area contributed by atoms with Crippen LogP contribution < -0.4 is 14.5 Å². The van der Waals surface area contributed by atoms with Crippen molar-refractivity contribution in [2.45, 2.75) is 11.3 Å². The minimum atomic E-state index is -3.86. The smallest absolute Gasteiger partial charge is 0.265 e. The summed E-state index contributed by atoms with van der Waals surface area (Å²) in [5, 5.41) is 2.91. The summed E-state index contributed by atoms with van der Waals surface area (Å²) >= 11 is 6.20. The number of nitrogens with one attached hydrogen (secondary N) is 2. The van der Waals surface area contributed by atoms with E-state index in [4.69, 9.17) is 11.6 Å². The molecule has 2 aromatic carbocycles. The van der Waals surface area contributed by atoms with Crippen molar-refractivity contribution >= 4 is 33.2 Å². The Morgan fingerprint density at radius 3 is 2.70 bits per heavy atom. The van der Waals surface area contributed by atoms with Gasteiger partial charge in [0.2, 0.25) is 0 Å². The van der Waals surface area contributed by atoms with Crippen LogP contribution in [0, 0.1) is 0 Å². The number of hydrogen-bond acceptors (Lipinski definition) is 3. The van der Waals surface area contributed by atoms with Crippen LogP contribution in [-0.2, 0) is 16.4 Å². The van der Waals surface area contributed by atoms with E-state index in [9.17, 15) is 13.2 Å². The van der Waals surface area contributed by atoms with Gasteiger partial charge in [0.25, 0.3) is 15.9 Å². The van der Waals surface area contributed by atoms with E-state index in [0.717, 1.165) is 12.1 Å². The highest BCUT2D eigenvalue weighted by Crippen LogP contribution is 2.35. The third-order valence-corrected chi connectivity index (χ3v) is 6.81. The van der Waals surface area contributed by atoms with Crippen LogP contribution in [0.2, 0.25) is 5.02 Å². The third-order valence-electron chi connectivity index (χ3n) is 4.52. The first-order valence-electron chi connectivity index (χ1n) is 8.78. The first-order chi connectivity index (χ1) is 12.8. The van der Waals surface area contributed by atoms with Crippen LogP contribution >= 0.6 is 11.6 Å². The Kier molecular flexibility index (Phi) is 5.74. The summed E-state index contributed by atoms with van der Waals surface area (Å²) in [7, 11) is 0.131. The van der Waals surface area contributed by atoms with Gasteiger partial charge in [0.05, 0.1) is 37.9 Å². The highest BCUT2D eigenvalue weighted by atomic mass is 35.5. The van der Waals surface area contributed by atoms with Crippen molar-refractivity contribution in [1.29, 1.82) is 0 Å². The number of carbonyl (C=O) groups is 1. The van der Waals surface area contributed by atoms with Crippen molar-refractivity contribution in [3.8, 4) is 0 Å². The first kappa shape index (κ1) is 19.7. The molecule has 0 fully saturated rings. The largest absolute Gasteiger partial charge is 0.346 e. The van der Waals surface area contributed by atoms with Crippen molar-refractivity contribution in [2.75, 3.05) is 38.0 Å². The maximum atomic E-state index is 13.2. The van der Waals surface area contributed by atoms with Gasteiger partial charge >= 0.3 is 0 Å². The molecule has 2 aromatic rings. The summed E-state index contributed by atoms with van der Waals surface area (Å²) in [6, 6.07) is 11.8. The summed E-state index contributed by atoms with van der Waals surface area (Å²) in [6.45, 7) is 1.64. The van der Waals surface area contributed by atoms with Gasteiger partial charge < -0.3 is 10.2 Å². The number of nitrogens with zero attached hydrogens (tertiary/aromatic N) is 1. The van der Waals surface area contributed by atoms with Crippen LogP contribution in [0.5, 0.6) is 0 Å². The summed E-state index contributed by atoms with van der Waals surface area (Å²) in [5.41, 5.74) is 1.92. The van der Waals surface area contributed by atoms with Gasteiger partial charge in [-0.05, 0) is 36.2 Å². The molecule has 0 aliphatic carbocycles. The number of likely N-dealkylation sites (N-methyl/N-ethyl adjacent to an activating group) is 1. The molecule has 0 aromatic heterocycles. The van der Waals surface area contributed by atoms with E-state index < -0.39 is 10.0 Å². The highest BCUT2D eigenvalue weighted by molar-refractivity contribution is 7.93. The van der Waals surface area contributed by atoms with Gasteiger partial charge in [0.15, 0.2) is 0 Å². The van der Waals surface area contributed by atoms with E-state index in [2.05, 4.69) is 5.32 Å². The number of quaternary nitrogens is 1. The minimum Gasteiger partial charge on any atom is -0.346 e. The standard InChI is InChI=1S/C19H22ClN3O3S/c1-22(2)12-10-21-19(24)15-7-8-16(20)18(13-15)27(25,26)23-11-9-14-5-3-4-6-17(14)23/h3-8,13H,9-12H2,1-2H3,(H,21,24)/p+1. The zero-order valence-electron chi connectivity index (χ0n) is 15.3. The van der Waals surface area contributed by atoms with E-state index in [0.29, 0.717) is 25.2 Å². The van der Waals surface area contributed by atoms with Crippen LogP contribution in [0.15, 0.2) is 47.4 Å². The molecule has 0 spiro atoms. The summed E-state index contributed by atoms with van der Waals surface area (Å²) < 4.78 is 27.8. The third kappa shape index (κ3) is 4.10. The van der Waals surface area contributed by atoms with E-state index in [1.165, 1.54) is 27.4 Å². The fourth-order valence-electron chi connectivity index (χ4n) is 3.05. The molecule has 0 bridgehead atoms. The average Bonchev–Trinajstić information content (AvgIpc) is 3.06. The topological polar surface area (TPSA) is 70.9 Å². The Labute approximate surface area is 164 Å². The quantitative estimate of drug-likeness (QED) is 0.748. The number of benzene rings is 2. The van der Waals surface area contributed by atoms with Crippen LogP contribution in [0.4, 0.5) is 5.69 Å². The van der Waals surface area contributed by atoms with Crippen LogP contribution in [0.3, 0.4) is 0 Å². The Hall–Kier alpha value is -2.09. The Bertz CT molecular complexity index is 960. The van der Waals surface area contributed by atoms with Crippen molar-refractivity contribution in [3.63, 3.8) is 0 Å². The van der Waals surface area contributed by atoms with Gasteiger partial charge in [-0.1, -0.05) is 29.8 Å². The van der Waals surface area contributed by atoms with Crippen LogP contribution in [-0.4, -0.2) is 48.1 Å². The molecule has 0 unspecified atom stereocenters. The molecular formula is C19H23ClN3O3S+. The van der Waals surface area contributed by atoms with Gasteiger partial charge in [0, 0.05) is 12.1 Å². The first-order valence-corrected chi connectivity index (χ1v) is 10.6. The second-order valence-electron chi connectivity index (χ2n) is 6.81. The van der Waals surface area contributed by atoms with Gasteiger partial charge in [-0.25, -0.2) is 8.42 Å². The van der Waals surface area contributed by atoms with Gasteiger partial charge in [0.1, 0.15) is 4.90 Å². The predicted molar refractivity (Wildman–Crippen MR) is 106 cm³/mol. The van der Waals surface area contributed by atoms with Crippen LogP contribution in [0.25, 0.3) is 0 Å². The molecule has 3 rings (SSSR count). The SMILES string of the molecule is C[NH+](C)CCNC(=O)c1ccc(Cl)c(S(=O)(=O)N2CCc3ccccc32)c1. The number of amides is 1. The molecule has 0 saturated heterocycles. The summed E-state index contributed by atoms with van der Waals surface area (Å²) in [5.74, 6) is -0.314. The van der Waals surface area contributed by atoms with Crippen molar-refractivity contribution in [3.05, 3.63) is 58.6 Å². The van der Waals surface area contributed by atoms with Crippen molar-refractivity contribution in [1.82, 2.24) is 5.32 Å². The van der Waals surface area contributed by atoms with E-state index in [-0.39, 0.29) is 21.4 Å². The zero-order valence-corrected chi connectivity index (χ0v) is 16.9. The van der Waals surface area contributed by atoms with E-state index in [1.54, 1.807) is 6.07 Å². The van der Waals surface area contributed by atoms with Crippen LogP contribution in [0.1, 0.15) is 15.9 Å². The number of sulfonamides is 1.